The predicted molar refractivity (Wildman–Crippen MR) is 34.5 cm³/mol. The number of methoxy groups -OCH3 is 1. The Bertz CT molecular complexity index is 87.7. The summed E-state index contributed by atoms with van der Waals surface area (Å²) in [4.78, 5) is 9.66. The van der Waals surface area contributed by atoms with Gasteiger partial charge >= 0.3 is 0 Å². The number of nitrogens with zero attached hydrogens (tertiary/aromatic N) is 1. The Morgan fingerprint density at radius 1 is 1.70 bits per heavy atom. The molecule has 0 aliphatic heterocycles. The van der Waals surface area contributed by atoms with Crippen molar-refractivity contribution in [2.75, 3.05) is 27.1 Å². The summed E-state index contributed by atoms with van der Waals surface area (Å²) in [6, 6.07) is 0. The summed E-state index contributed by atoms with van der Waals surface area (Å²) in [7, 11) is 1.46. The molecule has 0 saturated carbocycles. The number of hydrogen-bond donors (Lipinski definition) is 1. The molecule has 0 amide bonds. The highest BCUT2D eigenvalue weighted by molar-refractivity contribution is 4.56. The summed E-state index contributed by atoms with van der Waals surface area (Å²) < 4.78 is 9.36. The highest BCUT2D eigenvalue weighted by Gasteiger charge is 2.05. The van der Waals surface area contributed by atoms with Crippen LogP contribution in [0.25, 0.3) is 0 Å². The zero-order chi connectivity index (χ0) is 7.82. The molecule has 1 atom stereocenters. The first-order chi connectivity index (χ1) is 4.85. The molecule has 0 spiro atoms. The van der Waals surface area contributed by atoms with Crippen molar-refractivity contribution in [1.82, 2.24) is 0 Å². The lowest BCUT2D eigenvalue weighted by molar-refractivity contribution is -0.0829. The molecule has 5 heteroatoms. The minimum Gasteiger partial charge on any atom is -0.394 e. The molecule has 0 saturated heterocycles. The van der Waals surface area contributed by atoms with Crippen LogP contribution in [-0.4, -0.2) is 38.3 Å². The summed E-state index contributed by atoms with van der Waals surface area (Å²) in [6.07, 6.45) is -0.530. The molecule has 0 fully saturated rings. The smallest absolute Gasteiger partial charge is 0.146 e. The van der Waals surface area contributed by atoms with Crippen molar-refractivity contribution in [2.45, 2.75) is 6.10 Å². The molecular formula is C5H11NO4. The molecule has 0 rings (SSSR count). The van der Waals surface area contributed by atoms with Gasteiger partial charge in [0.2, 0.25) is 0 Å². The molecular weight excluding hydrogens is 138 g/mol. The lowest BCUT2D eigenvalue weighted by Crippen LogP contribution is -2.21. The zero-order valence-electron chi connectivity index (χ0n) is 5.82. The van der Waals surface area contributed by atoms with E-state index in [0.29, 0.717) is 0 Å². The van der Waals surface area contributed by atoms with Gasteiger partial charge in [-0.1, -0.05) is 5.18 Å². The van der Waals surface area contributed by atoms with E-state index in [9.17, 15) is 4.91 Å². The molecule has 10 heavy (non-hydrogen) atoms. The third kappa shape index (κ3) is 4.37. The van der Waals surface area contributed by atoms with E-state index in [1.54, 1.807) is 0 Å². The van der Waals surface area contributed by atoms with Gasteiger partial charge in [-0.3, -0.25) is 0 Å². The van der Waals surface area contributed by atoms with Crippen molar-refractivity contribution in [2.24, 2.45) is 5.18 Å². The molecule has 0 aliphatic rings. The Hall–Kier alpha value is -0.520. The number of aliphatic hydroxyl groups is 1. The second kappa shape index (κ2) is 6.60. The van der Waals surface area contributed by atoms with Crippen LogP contribution >= 0.6 is 0 Å². The van der Waals surface area contributed by atoms with Crippen LogP contribution in [0.3, 0.4) is 0 Å². The maximum Gasteiger partial charge on any atom is 0.146 e. The van der Waals surface area contributed by atoms with Crippen molar-refractivity contribution >= 4 is 0 Å². The number of ether oxygens (including phenoxy) is 2. The van der Waals surface area contributed by atoms with E-state index in [1.165, 1.54) is 7.11 Å². The highest BCUT2D eigenvalue weighted by Crippen LogP contribution is 1.90. The van der Waals surface area contributed by atoms with E-state index in [0.717, 1.165) is 0 Å². The first-order valence-corrected chi connectivity index (χ1v) is 2.85. The number of rotatable bonds is 6. The lowest BCUT2D eigenvalue weighted by Gasteiger charge is -2.09. The van der Waals surface area contributed by atoms with Gasteiger partial charge in [-0.2, -0.15) is 4.91 Å². The largest absolute Gasteiger partial charge is 0.394 e. The molecule has 1 N–H and O–H groups in total. The monoisotopic (exact) mass is 149 g/mol. The van der Waals surface area contributed by atoms with Gasteiger partial charge in [-0.05, 0) is 0 Å². The summed E-state index contributed by atoms with van der Waals surface area (Å²) in [5, 5.41) is 11.1. The minimum atomic E-state index is -0.530. The molecule has 0 aliphatic carbocycles. The summed E-state index contributed by atoms with van der Waals surface area (Å²) in [6.45, 7) is -0.185. The van der Waals surface area contributed by atoms with Crippen LogP contribution in [0.2, 0.25) is 0 Å². The van der Waals surface area contributed by atoms with Crippen LogP contribution in [0, 0.1) is 4.91 Å². The third-order valence-corrected chi connectivity index (χ3v) is 0.903. The maximum absolute atomic E-state index is 9.66. The van der Waals surface area contributed by atoms with Crippen LogP contribution in [0.15, 0.2) is 5.18 Å². The van der Waals surface area contributed by atoms with Crippen molar-refractivity contribution in [1.29, 1.82) is 0 Å². The van der Waals surface area contributed by atoms with E-state index in [2.05, 4.69) is 9.91 Å². The van der Waals surface area contributed by atoms with E-state index in [-0.39, 0.29) is 19.9 Å². The van der Waals surface area contributed by atoms with E-state index < -0.39 is 6.10 Å². The Kier molecular flexibility index (Phi) is 6.25. The molecule has 0 radical (unpaired) electrons. The van der Waals surface area contributed by atoms with Gasteiger partial charge < -0.3 is 14.6 Å². The Morgan fingerprint density at radius 2 is 2.40 bits per heavy atom. The first kappa shape index (κ1) is 9.48. The van der Waals surface area contributed by atoms with Gasteiger partial charge in [0.25, 0.3) is 0 Å². The quantitative estimate of drug-likeness (QED) is 0.417. The van der Waals surface area contributed by atoms with Crippen LogP contribution < -0.4 is 0 Å². The van der Waals surface area contributed by atoms with Gasteiger partial charge in [0, 0.05) is 7.11 Å². The lowest BCUT2D eigenvalue weighted by atomic mass is 10.4. The highest BCUT2D eigenvalue weighted by atomic mass is 16.7. The van der Waals surface area contributed by atoms with Crippen molar-refractivity contribution < 1.29 is 14.6 Å². The summed E-state index contributed by atoms with van der Waals surface area (Å²) in [5.41, 5.74) is 0. The maximum atomic E-state index is 9.66. The van der Waals surface area contributed by atoms with Crippen LogP contribution in [0.1, 0.15) is 0 Å². The number of hydrogen-bond acceptors (Lipinski definition) is 5. The normalized spacial score (nSPS) is 13.0. The number of nitroso groups, excluding NO2 is 1. The molecule has 60 valence electrons. The Morgan fingerprint density at radius 3 is 2.80 bits per heavy atom. The fourth-order valence-corrected chi connectivity index (χ4v) is 0.411. The molecule has 0 bridgehead atoms. The van der Waals surface area contributed by atoms with Crippen LogP contribution in [0.4, 0.5) is 0 Å². The Balaban J connectivity index is 3.29. The van der Waals surface area contributed by atoms with Crippen LogP contribution in [0.5, 0.6) is 0 Å². The average Bonchev–Trinajstić information content (AvgIpc) is 1.98. The zero-order valence-corrected chi connectivity index (χ0v) is 5.82. The van der Waals surface area contributed by atoms with Gasteiger partial charge in [0.05, 0.1) is 6.61 Å². The predicted octanol–water partition coefficient (Wildman–Crippen LogP) is -0.266. The average molecular weight is 149 g/mol. The minimum absolute atomic E-state index is 0.0418. The third-order valence-electron chi connectivity index (χ3n) is 0.903. The van der Waals surface area contributed by atoms with Crippen molar-refractivity contribution in [3.05, 3.63) is 4.91 Å². The SMILES string of the molecule is COCOC(CO)CN=O. The molecule has 0 aromatic carbocycles. The molecule has 0 aromatic heterocycles. The number of aliphatic hydroxyl groups excluding tert-OH is 1. The standard InChI is InChI=1S/C5H11NO4/c1-9-4-10-5(3-7)2-6-8/h5,7H,2-4H2,1H3. The molecule has 0 heterocycles. The first-order valence-electron chi connectivity index (χ1n) is 2.85. The molecule has 1 unspecified atom stereocenters. The van der Waals surface area contributed by atoms with Gasteiger partial charge in [0.1, 0.15) is 19.4 Å². The fourth-order valence-electron chi connectivity index (χ4n) is 0.411. The molecule has 5 nitrogen and oxygen atoms in total. The van der Waals surface area contributed by atoms with E-state index in [4.69, 9.17) is 9.84 Å². The summed E-state index contributed by atoms with van der Waals surface area (Å²) in [5.74, 6) is 0. The molecule has 0 aromatic rings. The van der Waals surface area contributed by atoms with Crippen molar-refractivity contribution in [3.8, 4) is 0 Å². The second-order valence-electron chi connectivity index (χ2n) is 1.69. The fraction of sp³-hybridized carbons (Fsp3) is 1.00. The van der Waals surface area contributed by atoms with E-state index in [1.807, 2.05) is 0 Å². The Labute approximate surface area is 58.9 Å². The second-order valence-corrected chi connectivity index (χ2v) is 1.69. The summed E-state index contributed by atoms with van der Waals surface area (Å²) >= 11 is 0. The topological polar surface area (TPSA) is 68.1 Å². The van der Waals surface area contributed by atoms with Gasteiger partial charge in [-0.15, -0.1) is 0 Å². The van der Waals surface area contributed by atoms with Gasteiger partial charge in [0.15, 0.2) is 0 Å². The van der Waals surface area contributed by atoms with Crippen molar-refractivity contribution in [3.63, 3.8) is 0 Å². The van der Waals surface area contributed by atoms with E-state index >= 15 is 0 Å². The van der Waals surface area contributed by atoms with Crippen LogP contribution in [-0.2, 0) is 9.47 Å². The van der Waals surface area contributed by atoms with Gasteiger partial charge in [-0.25, -0.2) is 0 Å².